The molecule has 4 N–H and O–H groups in total. The molecule has 0 aliphatic heterocycles. The zero-order chi connectivity index (χ0) is 18.0. The Labute approximate surface area is 149 Å². The number of H-pyrrole nitrogens is 1. The molecule has 2 heterocycles. The Morgan fingerprint density at radius 2 is 1.96 bits per heavy atom. The summed E-state index contributed by atoms with van der Waals surface area (Å²) in [7, 11) is 0. The number of amides is 2. The van der Waals surface area contributed by atoms with E-state index in [1.54, 1.807) is 12.3 Å². The summed E-state index contributed by atoms with van der Waals surface area (Å²) >= 11 is 1.32. The van der Waals surface area contributed by atoms with Gasteiger partial charge in [-0.05, 0) is 29.7 Å². The van der Waals surface area contributed by atoms with Crippen molar-refractivity contribution in [2.24, 2.45) is 5.73 Å². The number of aromatic amines is 1. The Bertz CT molecular complexity index is 909. The highest BCUT2D eigenvalue weighted by atomic mass is 32.1. The van der Waals surface area contributed by atoms with Crippen molar-refractivity contribution in [3.05, 3.63) is 58.7 Å². The zero-order valence-corrected chi connectivity index (χ0v) is 14.7. The minimum Gasteiger partial charge on any atom is -0.364 e. The van der Waals surface area contributed by atoms with Crippen molar-refractivity contribution in [1.82, 2.24) is 9.97 Å². The topological polar surface area (TPSA) is 101 Å². The Morgan fingerprint density at radius 1 is 1.24 bits per heavy atom. The van der Waals surface area contributed by atoms with Gasteiger partial charge in [-0.2, -0.15) is 0 Å². The third-order valence-corrected chi connectivity index (χ3v) is 4.57. The molecular formula is C18H18N4O2S. The van der Waals surface area contributed by atoms with Gasteiger partial charge in [0.25, 0.3) is 11.8 Å². The molecule has 0 saturated heterocycles. The molecule has 6 nitrogen and oxygen atoms in total. The molecule has 3 aromatic rings. The number of nitrogens with two attached hydrogens (primary N) is 1. The van der Waals surface area contributed by atoms with Crippen LogP contribution < -0.4 is 11.1 Å². The summed E-state index contributed by atoms with van der Waals surface area (Å²) in [5.74, 6) is -0.312. The summed E-state index contributed by atoms with van der Waals surface area (Å²) in [5, 5.41) is 5.10. The Morgan fingerprint density at radius 3 is 2.56 bits per heavy atom. The summed E-state index contributed by atoms with van der Waals surface area (Å²) in [6, 6.07) is 9.17. The van der Waals surface area contributed by atoms with Gasteiger partial charge in [-0.1, -0.05) is 26.0 Å². The highest BCUT2D eigenvalue weighted by molar-refractivity contribution is 7.14. The van der Waals surface area contributed by atoms with E-state index in [1.807, 2.05) is 29.6 Å². The van der Waals surface area contributed by atoms with Gasteiger partial charge in [0.1, 0.15) is 5.69 Å². The molecule has 128 valence electrons. The fourth-order valence-electron chi connectivity index (χ4n) is 2.34. The number of anilines is 1. The van der Waals surface area contributed by atoms with Crippen molar-refractivity contribution in [3.63, 3.8) is 0 Å². The number of benzene rings is 1. The molecule has 0 unspecified atom stereocenters. The number of carbonyl (C=O) groups excluding carboxylic acids is 2. The predicted molar refractivity (Wildman–Crippen MR) is 98.9 cm³/mol. The van der Waals surface area contributed by atoms with Crippen molar-refractivity contribution in [3.8, 4) is 11.3 Å². The largest absolute Gasteiger partial charge is 0.364 e. The van der Waals surface area contributed by atoms with Gasteiger partial charge in [0.2, 0.25) is 0 Å². The number of thiazole rings is 1. The van der Waals surface area contributed by atoms with Gasteiger partial charge in [0.15, 0.2) is 5.13 Å². The van der Waals surface area contributed by atoms with Crippen molar-refractivity contribution < 1.29 is 9.59 Å². The fourth-order valence-corrected chi connectivity index (χ4v) is 3.05. The van der Waals surface area contributed by atoms with Crippen LogP contribution in [0.15, 0.2) is 41.9 Å². The third kappa shape index (κ3) is 3.77. The number of hydrogen-bond acceptors (Lipinski definition) is 4. The van der Waals surface area contributed by atoms with Gasteiger partial charge >= 0.3 is 0 Å². The van der Waals surface area contributed by atoms with Gasteiger partial charge < -0.3 is 10.7 Å². The fraction of sp³-hybridized carbons (Fsp3) is 0.167. The lowest BCUT2D eigenvalue weighted by atomic mass is 10.0. The van der Waals surface area contributed by atoms with Crippen LogP contribution in [0.4, 0.5) is 5.13 Å². The summed E-state index contributed by atoms with van der Waals surface area (Å²) in [6.07, 6.45) is 1.66. The maximum Gasteiger partial charge on any atom is 0.265 e. The maximum absolute atomic E-state index is 12.3. The zero-order valence-electron chi connectivity index (χ0n) is 13.9. The molecule has 0 aliphatic rings. The Kier molecular flexibility index (Phi) is 4.67. The van der Waals surface area contributed by atoms with Gasteiger partial charge in [-0.25, -0.2) is 4.98 Å². The van der Waals surface area contributed by atoms with Crippen molar-refractivity contribution in [2.75, 3.05) is 5.32 Å². The van der Waals surface area contributed by atoms with Crippen molar-refractivity contribution in [1.29, 1.82) is 0 Å². The Balaban J connectivity index is 1.72. The molecule has 0 spiro atoms. The van der Waals surface area contributed by atoms with Crippen LogP contribution in [-0.2, 0) is 0 Å². The molecule has 2 amide bonds. The van der Waals surface area contributed by atoms with Crippen LogP contribution in [0, 0.1) is 0 Å². The van der Waals surface area contributed by atoms with Gasteiger partial charge in [-0.3, -0.25) is 14.9 Å². The number of primary amides is 1. The first-order valence-electron chi connectivity index (χ1n) is 7.79. The highest BCUT2D eigenvalue weighted by Gasteiger charge is 2.12. The van der Waals surface area contributed by atoms with E-state index in [0.29, 0.717) is 28.0 Å². The van der Waals surface area contributed by atoms with Crippen LogP contribution in [0.2, 0.25) is 0 Å². The van der Waals surface area contributed by atoms with E-state index < -0.39 is 5.91 Å². The van der Waals surface area contributed by atoms with E-state index in [4.69, 9.17) is 5.73 Å². The Hall–Kier alpha value is -2.93. The molecule has 0 aliphatic carbocycles. The van der Waals surface area contributed by atoms with E-state index in [0.717, 1.165) is 5.56 Å². The SMILES string of the molecule is CC(C)c1ccc(C(=O)Nc2nc(-c3c[nH]c(C(N)=O)c3)cs2)cc1. The second-order valence-electron chi connectivity index (χ2n) is 5.94. The van der Waals surface area contributed by atoms with Gasteiger partial charge in [0.05, 0.1) is 5.69 Å². The molecule has 1 aromatic carbocycles. The number of aromatic nitrogens is 2. The number of hydrogen-bond donors (Lipinski definition) is 3. The first-order valence-corrected chi connectivity index (χ1v) is 8.67. The van der Waals surface area contributed by atoms with E-state index >= 15 is 0 Å². The summed E-state index contributed by atoms with van der Waals surface area (Å²) in [4.78, 5) is 30.6. The van der Waals surface area contributed by atoms with Crippen molar-refractivity contribution >= 4 is 28.3 Å². The number of carbonyl (C=O) groups is 2. The lowest BCUT2D eigenvalue weighted by molar-refractivity contribution is 0.0994. The number of nitrogens with zero attached hydrogens (tertiary/aromatic N) is 1. The van der Waals surface area contributed by atoms with E-state index in [-0.39, 0.29) is 5.91 Å². The van der Waals surface area contributed by atoms with E-state index in [1.165, 1.54) is 16.9 Å². The second-order valence-corrected chi connectivity index (χ2v) is 6.79. The minimum absolute atomic E-state index is 0.205. The molecule has 25 heavy (non-hydrogen) atoms. The molecular weight excluding hydrogens is 336 g/mol. The van der Waals surface area contributed by atoms with Crippen LogP contribution >= 0.6 is 11.3 Å². The first-order chi connectivity index (χ1) is 11.9. The quantitative estimate of drug-likeness (QED) is 0.652. The molecule has 7 heteroatoms. The normalized spacial score (nSPS) is 10.8. The smallest absolute Gasteiger partial charge is 0.265 e. The first kappa shape index (κ1) is 16.9. The molecule has 0 atom stereocenters. The monoisotopic (exact) mass is 354 g/mol. The summed E-state index contributed by atoms with van der Waals surface area (Å²) in [5.41, 5.74) is 8.72. The van der Waals surface area contributed by atoms with Gasteiger partial charge in [-0.15, -0.1) is 11.3 Å². The highest BCUT2D eigenvalue weighted by Crippen LogP contribution is 2.26. The number of nitrogens with one attached hydrogen (secondary N) is 2. The molecule has 0 bridgehead atoms. The molecule has 0 radical (unpaired) electrons. The summed E-state index contributed by atoms with van der Waals surface area (Å²) in [6.45, 7) is 4.22. The predicted octanol–water partition coefficient (Wildman–Crippen LogP) is 3.61. The van der Waals surface area contributed by atoms with Crippen LogP contribution in [0.3, 0.4) is 0 Å². The third-order valence-electron chi connectivity index (χ3n) is 3.81. The van der Waals surface area contributed by atoms with Crippen LogP contribution in [0.25, 0.3) is 11.3 Å². The molecule has 3 rings (SSSR count). The van der Waals surface area contributed by atoms with Crippen LogP contribution in [0.5, 0.6) is 0 Å². The van der Waals surface area contributed by atoms with Crippen LogP contribution in [0.1, 0.15) is 46.2 Å². The van der Waals surface area contributed by atoms with Crippen molar-refractivity contribution in [2.45, 2.75) is 19.8 Å². The minimum atomic E-state index is -0.528. The standard InChI is InChI=1S/C18H18N4O2S/c1-10(2)11-3-5-12(6-4-11)17(24)22-18-21-15(9-25-18)13-7-14(16(19)23)20-8-13/h3-10,20H,1-2H3,(H2,19,23)(H,21,22,24). The van der Waals surface area contributed by atoms with E-state index in [9.17, 15) is 9.59 Å². The van der Waals surface area contributed by atoms with E-state index in [2.05, 4.69) is 29.1 Å². The lowest BCUT2D eigenvalue weighted by Gasteiger charge is -2.06. The molecule has 0 saturated carbocycles. The molecule has 2 aromatic heterocycles. The average Bonchev–Trinajstić information content (AvgIpc) is 3.23. The maximum atomic E-state index is 12.3. The second kappa shape index (κ2) is 6.90. The summed E-state index contributed by atoms with van der Waals surface area (Å²) < 4.78 is 0. The number of rotatable bonds is 5. The van der Waals surface area contributed by atoms with Gasteiger partial charge in [0, 0.05) is 22.7 Å². The lowest BCUT2D eigenvalue weighted by Crippen LogP contribution is -2.11. The molecule has 0 fully saturated rings. The van der Waals surface area contributed by atoms with Crippen LogP contribution in [-0.4, -0.2) is 21.8 Å². The average molecular weight is 354 g/mol.